The molecule has 1 saturated carbocycles. The number of carboxylic acids is 1. The lowest BCUT2D eigenvalue weighted by Gasteiger charge is -2.17. The minimum atomic E-state index is -1.16. The van der Waals surface area contributed by atoms with Crippen molar-refractivity contribution in [3.05, 3.63) is 34.9 Å². The van der Waals surface area contributed by atoms with Crippen LogP contribution < -0.4 is 9.47 Å². The van der Waals surface area contributed by atoms with Crippen molar-refractivity contribution in [1.29, 1.82) is 0 Å². The van der Waals surface area contributed by atoms with Gasteiger partial charge in [0, 0.05) is 16.7 Å². The highest BCUT2D eigenvalue weighted by Crippen LogP contribution is 2.52. The van der Waals surface area contributed by atoms with Crippen molar-refractivity contribution >= 4 is 35.6 Å². The number of ether oxygens (including phenoxy) is 2. The van der Waals surface area contributed by atoms with E-state index in [4.69, 9.17) is 26.2 Å². The Hall–Kier alpha value is -2.87. The number of carbonyl (C=O) groups excluding carboxylic acids is 2. The van der Waals surface area contributed by atoms with Crippen LogP contribution >= 0.6 is 11.6 Å². The van der Waals surface area contributed by atoms with Crippen LogP contribution in [0.15, 0.2) is 29.4 Å². The fourth-order valence-corrected chi connectivity index (χ4v) is 4.53. The Kier molecular flexibility index (Phi) is 4.82. The molecular formula is C20H19ClN2O6. The van der Waals surface area contributed by atoms with Crippen LogP contribution in [0.2, 0.25) is 5.02 Å². The molecule has 4 rings (SSSR count). The van der Waals surface area contributed by atoms with Gasteiger partial charge in [0.05, 0.1) is 25.2 Å². The molecule has 1 aromatic rings. The van der Waals surface area contributed by atoms with Gasteiger partial charge in [-0.1, -0.05) is 23.8 Å². The van der Waals surface area contributed by atoms with E-state index in [2.05, 4.69) is 5.10 Å². The first-order chi connectivity index (χ1) is 13.8. The maximum atomic E-state index is 12.7. The second-order valence-electron chi connectivity index (χ2n) is 7.36. The first kappa shape index (κ1) is 19.4. The lowest BCUT2D eigenvalue weighted by atomic mass is 9.85. The van der Waals surface area contributed by atoms with Gasteiger partial charge in [-0.05, 0) is 31.2 Å². The summed E-state index contributed by atoms with van der Waals surface area (Å²) in [6, 6.07) is 2.97. The molecule has 2 amide bonds. The third kappa shape index (κ3) is 3.17. The minimum absolute atomic E-state index is 0.0863. The first-order valence-corrected chi connectivity index (χ1v) is 9.56. The highest BCUT2D eigenvalue weighted by molar-refractivity contribution is 6.31. The predicted molar refractivity (Wildman–Crippen MR) is 103 cm³/mol. The number of aliphatic carboxylic acids is 1. The largest absolute Gasteiger partial charge is 0.493 e. The standard InChI is InChI=1S/C20H19ClN2O6/c1-9(20(26)27)29-17-12(6-13(21)7-14(17)28-2)8-22-23-18(24)15-10-3-4-11(5-10)16(15)19(23)25/h3-4,6-11,15-16H,5H2,1-2H3,(H,26,27)/t9-,10-,11-,15-,16+/m0/s1. The molecule has 1 heterocycles. The molecule has 1 saturated heterocycles. The van der Waals surface area contributed by atoms with Gasteiger partial charge in [-0.25, -0.2) is 4.79 Å². The van der Waals surface area contributed by atoms with E-state index in [1.165, 1.54) is 32.4 Å². The number of halogens is 1. The van der Waals surface area contributed by atoms with E-state index in [1.54, 1.807) is 0 Å². The van der Waals surface area contributed by atoms with E-state index in [0.29, 0.717) is 10.6 Å². The Labute approximate surface area is 171 Å². The van der Waals surface area contributed by atoms with Crippen molar-refractivity contribution < 1.29 is 29.0 Å². The summed E-state index contributed by atoms with van der Waals surface area (Å²) in [4.78, 5) is 36.7. The maximum Gasteiger partial charge on any atom is 0.344 e. The summed E-state index contributed by atoms with van der Waals surface area (Å²) in [6.45, 7) is 1.37. The van der Waals surface area contributed by atoms with Crippen LogP contribution in [0, 0.1) is 23.7 Å². The van der Waals surface area contributed by atoms with E-state index < -0.39 is 12.1 Å². The topological polar surface area (TPSA) is 106 Å². The van der Waals surface area contributed by atoms with E-state index in [-0.39, 0.29) is 47.0 Å². The van der Waals surface area contributed by atoms with Crippen LogP contribution in [0.3, 0.4) is 0 Å². The number of fused-ring (bicyclic) bond motifs is 5. The lowest BCUT2D eigenvalue weighted by Crippen LogP contribution is -2.28. The number of amides is 2. The summed E-state index contributed by atoms with van der Waals surface area (Å²) in [6.07, 6.45) is 4.95. The lowest BCUT2D eigenvalue weighted by molar-refractivity contribution is -0.144. The Bertz CT molecular complexity index is 929. The van der Waals surface area contributed by atoms with Crippen molar-refractivity contribution in [3.63, 3.8) is 0 Å². The molecular weight excluding hydrogens is 400 g/mol. The van der Waals surface area contributed by atoms with Gasteiger partial charge >= 0.3 is 5.97 Å². The van der Waals surface area contributed by atoms with Gasteiger partial charge in [0.25, 0.3) is 11.8 Å². The molecule has 0 unspecified atom stereocenters. The van der Waals surface area contributed by atoms with Crippen LogP contribution in [0.4, 0.5) is 0 Å². The second-order valence-corrected chi connectivity index (χ2v) is 7.79. The van der Waals surface area contributed by atoms with Crippen molar-refractivity contribution in [1.82, 2.24) is 5.01 Å². The molecule has 2 aliphatic carbocycles. The summed E-state index contributed by atoms with van der Waals surface area (Å²) in [5.41, 5.74) is 0.293. The molecule has 5 atom stereocenters. The summed E-state index contributed by atoms with van der Waals surface area (Å²) < 4.78 is 10.7. The average molecular weight is 419 g/mol. The first-order valence-electron chi connectivity index (χ1n) is 9.19. The molecule has 2 bridgehead atoms. The Morgan fingerprint density at radius 1 is 1.28 bits per heavy atom. The van der Waals surface area contributed by atoms with Gasteiger partial charge in [0.2, 0.25) is 0 Å². The van der Waals surface area contributed by atoms with Gasteiger partial charge in [-0.15, -0.1) is 0 Å². The predicted octanol–water partition coefficient (Wildman–Crippen LogP) is 2.34. The molecule has 0 aromatic heterocycles. The highest BCUT2D eigenvalue weighted by atomic mass is 35.5. The smallest absolute Gasteiger partial charge is 0.344 e. The second kappa shape index (κ2) is 7.18. The summed E-state index contributed by atoms with van der Waals surface area (Å²) >= 11 is 6.11. The van der Waals surface area contributed by atoms with Crippen molar-refractivity contribution in [2.75, 3.05) is 7.11 Å². The summed E-state index contributed by atoms with van der Waals surface area (Å²) in [5.74, 6) is -2.01. The zero-order valence-electron chi connectivity index (χ0n) is 15.7. The fourth-order valence-electron chi connectivity index (χ4n) is 4.31. The number of nitrogens with zero attached hydrogens (tertiary/aromatic N) is 2. The minimum Gasteiger partial charge on any atom is -0.493 e. The van der Waals surface area contributed by atoms with Gasteiger partial charge in [0.1, 0.15) is 0 Å². The molecule has 8 nitrogen and oxygen atoms in total. The normalized spacial score (nSPS) is 28.3. The number of benzene rings is 1. The molecule has 2 fully saturated rings. The van der Waals surface area contributed by atoms with Gasteiger partial charge in [-0.2, -0.15) is 10.1 Å². The fraction of sp³-hybridized carbons (Fsp3) is 0.400. The van der Waals surface area contributed by atoms with Gasteiger partial charge in [-0.3, -0.25) is 9.59 Å². The molecule has 3 aliphatic rings. The number of imide groups is 1. The van der Waals surface area contributed by atoms with E-state index >= 15 is 0 Å². The molecule has 0 radical (unpaired) electrons. The summed E-state index contributed by atoms with van der Waals surface area (Å²) in [5, 5.41) is 14.5. The third-order valence-corrected chi connectivity index (χ3v) is 5.89. The Morgan fingerprint density at radius 2 is 1.90 bits per heavy atom. The van der Waals surface area contributed by atoms with Crippen molar-refractivity contribution in [2.45, 2.75) is 19.4 Å². The molecule has 29 heavy (non-hydrogen) atoms. The quantitative estimate of drug-likeness (QED) is 0.432. The molecule has 152 valence electrons. The Morgan fingerprint density at radius 3 is 2.45 bits per heavy atom. The molecule has 1 N–H and O–H groups in total. The van der Waals surface area contributed by atoms with Crippen LogP contribution in [-0.2, 0) is 14.4 Å². The van der Waals surface area contributed by atoms with Crippen molar-refractivity contribution in [2.24, 2.45) is 28.8 Å². The number of allylic oxidation sites excluding steroid dienone is 2. The third-order valence-electron chi connectivity index (χ3n) is 5.67. The number of methoxy groups -OCH3 is 1. The molecule has 1 aliphatic heterocycles. The SMILES string of the molecule is COc1cc(Cl)cc(C=NN2C(=O)[C@@H]3[C@H](C2=O)[C@H]2C=C[C@H]3C2)c1O[C@@H](C)C(=O)O. The van der Waals surface area contributed by atoms with E-state index in [1.807, 2.05) is 12.2 Å². The zero-order chi connectivity index (χ0) is 20.9. The molecule has 0 spiro atoms. The number of hydrogen-bond donors (Lipinski definition) is 1. The number of carbonyl (C=O) groups is 3. The number of hydrogen-bond acceptors (Lipinski definition) is 6. The highest BCUT2D eigenvalue weighted by Gasteiger charge is 2.59. The maximum absolute atomic E-state index is 12.7. The zero-order valence-corrected chi connectivity index (χ0v) is 16.5. The number of hydrazone groups is 1. The number of carboxylic acid groups (broad SMARTS) is 1. The average Bonchev–Trinajstić information content (AvgIpc) is 3.36. The van der Waals surface area contributed by atoms with Gasteiger partial charge in [0.15, 0.2) is 17.6 Å². The van der Waals surface area contributed by atoms with E-state index in [0.717, 1.165) is 11.4 Å². The van der Waals surface area contributed by atoms with Crippen LogP contribution in [0.25, 0.3) is 0 Å². The molecule has 9 heteroatoms. The Balaban J connectivity index is 1.65. The van der Waals surface area contributed by atoms with Crippen LogP contribution in [-0.4, -0.2) is 47.3 Å². The van der Waals surface area contributed by atoms with Crippen LogP contribution in [0.5, 0.6) is 11.5 Å². The van der Waals surface area contributed by atoms with Gasteiger partial charge < -0.3 is 14.6 Å². The molecule has 1 aromatic carbocycles. The summed E-state index contributed by atoms with van der Waals surface area (Å²) in [7, 11) is 1.39. The van der Waals surface area contributed by atoms with Crippen LogP contribution in [0.1, 0.15) is 18.9 Å². The van der Waals surface area contributed by atoms with E-state index in [9.17, 15) is 14.4 Å². The monoisotopic (exact) mass is 418 g/mol. The van der Waals surface area contributed by atoms with Crippen molar-refractivity contribution in [3.8, 4) is 11.5 Å². The number of rotatable bonds is 6.